The Bertz CT molecular complexity index is 1660. The maximum atomic E-state index is 7.12. The lowest BCUT2D eigenvalue weighted by Gasteiger charge is -2.16. The first-order valence-corrected chi connectivity index (χ1v) is 12.2. The first-order valence-electron chi connectivity index (χ1n) is 11.8. The van der Waals surface area contributed by atoms with Gasteiger partial charge in [-0.3, -0.25) is 0 Å². The van der Waals surface area contributed by atoms with Crippen LogP contribution in [0.3, 0.4) is 0 Å². The zero-order valence-electron chi connectivity index (χ0n) is 20.0. The number of benzene rings is 2. The van der Waals surface area contributed by atoms with E-state index in [9.17, 15) is 0 Å². The van der Waals surface area contributed by atoms with Crippen LogP contribution in [0, 0.1) is 12.5 Å². The number of nitrogens with zero attached hydrogens (tertiary/aromatic N) is 8. The molecule has 0 radical (unpaired) electrons. The van der Waals surface area contributed by atoms with E-state index in [1.807, 2.05) is 35.9 Å². The molecule has 1 saturated heterocycles. The van der Waals surface area contributed by atoms with E-state index in [1.165, 1.54) is 6.33 Å². The fourth-order valence-corrected chi connectivity index (χ4v) is 4.70. The molecule has 5 aromatic rings. The molecule has 4 heterocycles. The average molecular weight is 512 g/mol. The van der Waals surface area contributed by atoms with Crippen molar-refractivity contribution in [2.75, 3.05) is 29.9 Å². The second-order valence-electron chi connectivity index (χ2n) is 8.95. The fraction of sp³-hybridized carbons (Fsp3) is 0.231. The zero-order valence-corrected chi connectivity index (χ0v) is 20.7. The molecule has 0 spiro atoms. The Labute approximate surface area is 217 Å². The number of fused-ring (bicyclic) bond motifs is 2. The summed E-state index contributed by atoms with van der Waals surface area (Å²) in [7, 11) is 1.95. The molecule has 6 rings (SSSR count). The summed E-state index contributed by atoms with van der Waals surface area (Å²) in [6, 6.07) is 11.2. The molecule has 1 fully saturated rings. The van der Waals surface area contributed by atoms with Gasteiger partial charge in [0.1, 0.15) is 28.9 Å². The number of hydrogen-bond donors (Lipinski definition) is 1. The highest BCUT2D eigenvalue weighted by Gasteiger charge is 2.26. The largest absolute Gasteiger partial charge is 0.456 e. The van der Waals surface area contributed by atoms with Crippen LogP contribution < -0.4 is 15.0 Å². The topological polar surface area (TPSA) is 98.2 Å². The van der Waals surface area contributed by atoms with Crippen molar-refractivity contribution >= 4 is 51.1 Å². The Hall–Kier alpha value is -4.49. The average Bonchev–Trinajstić information content (AvgIpc) is 3.52. The summed E-state index contributed by atoms with van der Waals surface area (Å²) in [6.45, 7) is 9.25. The van der Waals surface area contributed by atoms with Crippen molar-refractivity contribution in [2.45, 2.75) is 6.42 Å². The van der Waals surface area contributed by atoms with Crippen LogP contribution in [0.15, 0.2) is 55.2 Å². The van der Waals surface area contributed by atoms with Crippen LogP contribution in [-0.4, -0.2) is 49.1 Å². The molecule has 0 unspecified atom stereocenters. The van der Waals surface area contributed by atoms with E-state index in [0.717, 1.165) is 36.2 Å². The zero-order chi connectivity index (χ0) is 25.4. The Morgan fingerprint density at radius 2 is 2.05 bits per heavy atom. The highest BCUT2D eigenvalue weighted by Crippen LogP contribution is 2.34. The van der Waals surface area contributed by atoms with Crippen LogP contribution in [0.4, 0.5) is 17.5 Å². The first kappa shape index (κ1) is 22.9. The predicted octanol–water partition coefficient (Wildman–Crippen LogP) is 5.24. The lowest BCUT2D eigenvalue weighted by atomic mass is 10.1. The Morgan fingerprint density at radius 1 is 1.14 bits per heavy atom. The van der Waals surface area contributed by atoms with Gasteiger partial charge in [0.25, 0.3) is 0 Å². The normalized spacial score (nSPS) is 15.3. The van der Waals surface area contributed by atoms with Gasteiger partial charge < -0.3 is 24.4 Å². The van der Waals surface area contributed by atoms with Gasteiger partial charge in [-0.25, -0.2) is 31.5 Å². The molecule has 0 aliphatic carbocycles. The van der Waals surface area contributed by atoms with Crippen LogP contribution in [-0.2, 0) is 7.05 Å². The molecule has 1 aliphatic rings. The molecule has 37 heavy (non-hydrogen) atoms. The summed E-state index contributed by atoms with van der Waals surface area (Å²) < 4.78 is 7.97. The quantitative estimate of drug-likeness (QED) is 0.309. The lowest BCUT2D eigenvalue weighted by Crippen LogP contribution is -2.22. The number of halogens is 1. The molecule has 0 saturated carbocycles. The van der Waals surface area contributed by atoms with Crippen molar-refractivity contribution in [1.29, 1.82) is 0 Å². The van der Waals surface area contributed by atoms with Gasteiger partial charge in [-0.05, 0) is 36.8 Å². The number of aromatic nitrogens is 6. The monoisotopic (exact) mass is 511 g/mol. The second kappa shape index (κ2) is 9.52. The number of ether oxygens (including phenoxy) is 1. The van der Waals surface area contributed by atoms with Crippen molar-refractivity contribution in [1.82, 2.24) is 29.5 Å². The summed E-state index contributed by atoms with van der Waals surface area (Å²) >= 11 is 6.57. The maximum absolute atomic E-state index is 7.12. The fourth-order valence-electron chi connectivity index (χ4n) is 4.49. The van der Waals surface area contributed by atoms with Crippen LogP contribution in [0.2, 0.25) is 5.02 Å². The molecule has 1 atom stereocenters. The molecule has 3 aromatic heterocycles. The molecule has 0 bridgehead atoms. The van der Waals surface area contributed by atoms with E-state index in [4.69, 9.17) is 27.9 Å². The third kappa shape index (κ3) is 4.57. The number of rotatable bonds is 6. The third-order valence-corrected chi connectivity index (χ3v) is 6.70. The standard InChI is InChI=1S/C26H22ClN9O/c1-28-11-16-7-8-36(13-16)26-29-12-21-24(34-26)25(31-14-30-21)33-17-3-6-23(19(27)9-17)37-18-4-5-22-20(10-18)32-15-35(22)2/h3-6,9-10,12,14-16H,7-8,11,13H2,2H3,(H,30,31,33)/t16-/m1/s1. The number of anilines is 3. The first-order chi connectivity index (χ1) is 18.1. The van der Waals surface area contributed by atoms with Gasteiger partial charge in [0.2, 0.25) is 12.5 Å². The summed E-state index contributed by atoms with van der Waals surface area (Å²) in [6.07, 6.45) is 5.91. The van der Waals surface area contributed by atoms with E-state index in [-0.39, 0.29) is 0 Å². The van der Waals surface area contributed by atoms with E-state index in [1.54, 1.807) is 24.7 Å². The highest BCUT2D eigenvalue weighted by atomic mass is 35.5. The van der Waals surface area contributed by atoms with E-state index in [2.05, 4.69) is 35.0 Å². The number of aryl methyl sites for hydroxylation is 1. The molecule has 11 heteroatoms. The van der Waals surface area contributed by atoms with Gasteiger partial charge in [0, 0.05) is 31.9 Å². The SMILES string of the molecule is [C-]#[N+]C[C@H]1CCN(c2ncc3ncnc(Nc4ccc(Oc5ccc6c(c5)ncn6C)c(Cl)c4)c3n2)C1. The minimum Gasteiger partial charge on any atom is -0.456 e. The number of imidazole rings is 1. The molecule has 1 aliphatic heterocycles. The van der Waals surface area contributed by atoms with Gasteiger partial charge in [0.15, 0.2) is 5.82 Å². The molecular weight excluding hydrogens is 490 g/mol. The molecule has 184 valence electrons. The Morgan fingerprint density at radius 3 is 2.92 bits per heavy atom. The maximum Gasteiger partial charge on any atom is 0.226 e. The van der Waals surface area contributed by atoms with E-state index < -0.39 is 0 Å². The van der Waals surface area contributed by atoms with Crippen LogP contribution in [0.1, 0.15) is 6.42 Å². The molecule has 2 aromatic carbocycles. The minimum atomic E-state index is 0.343. The van der Waals surface area contributed by atoms with Crippen molar-refractivity contribution in [3.63, 3.8) is 0 Å². The van der Waals surface area contributed by atoms with Crippen molar-refractivity contribution in [2.24, 2.45) is 13.0 Å². The summed E-state index contributed by atoms with van der Waals surface area (Å²) in [5, 5.41) is 3.75. The van der Waals surface area contributed by atoms with Crippen molar-refractivity contribution < 1.29 is 4.74 Å². The van der Waals surface area contributed by atoms with Crippen LogP contribution in [0.25, 0.3) is 26.9 Å². The van der Waals surface area contributed by atoms with Gasteiger partial charge in [-0.1, -0.05) is 11.6 Å². The lowest BCUT2D eigenvalue weighted by molar-refractivity contribution is 0.483. The number of hydrogen-bond acceptors (Lipinski definition) is 8. The minimum absolute atomic E-state index is 0.343. The Kier molecular flexibility index (Phi) is 5.90. The third-order valence-electron chi connectivity index (χ3n) is 6.40. The highest BCUT2D eigenvalue weighted by molar-refractivity contribution is 6.32. The smallest absolute Gasteiger partial charge is 0.226 e. The summed E-state index contributed by atoms with van der Waals surface area (Å²) in [4.78, 5) is 28.0. The van der Waals surface area contributed by atoms with Gasteiger partial charge >= 0.3 is 0 Å². The molecular formula is C26H22ClN9O. The number of nitrogens with one attached hydrogen (secondary N) is 1. The predicted molar refractivity (Wildman–Crippen MR) is 142 cm³/mol. The Balaban J connectivity index is 1.23. The van der Waals surface area contributed by atoms with E-state index >= 15 is 0 Å². The summed E-state index contributed by atoms with van der Waals surface area (Å²) in [5.74, 6) is 2.69. The van der Waals surface area contributed by atoms with Crippen molar-refractivity contribution in [3.05, 3.63) is 71.7 Å². The molecule has 10 nitrogen and oxygen atoms in total. The van der Waals surface area contributed by atoms with Crippen LogP contribution >= 0.6 is 11.6 Å². The van der Waals surface area contributed by atoms with Gasteiger partial charge in [-0.15, -0.1) is 0 Å². The van der Waals surface area contributed by atoms with Gasteiger partial charge in [-0.2, -0.15) is 0 Å². The van der Waals surface area contributed by atoms with E-state index in [0.29, 0.717) is 51.8 Å². The second-order valence-corrected chi connectivity index (χ2v) is 9.35. The molecule has 0 amide bonds. The van der Waals surface area contributed by atoms with Gasteiger partial charge in [0.05, 0.1) is 34.5 Å². The molecule has 1 N–H and O–H groups in total. The van der Waals surface area contributed by atoms with Crippen molar-refractivity contribution in [3.8, 4) is 11.5 Å². The summed E-state index contributed by atoms with van der Waals surface area (Å²) in [5.41, 5.74) is 3.85. The van der Waals surface area contributed by atoms with Crippen LogP contribution in [0.5, 0.6) is 11.5 Å².